The normalized spacial score (nSPS) is 12.4. The lowest BCUT2D eigenvalue weighted by atomic mass is 10.1. The van der Waals surface area contributed by atoms with E-state index in [2.05, 4.69) is 5.10 Å². The van der Waals surface area contributed by atoms with Crippen LogP contribution in [-0.2, 0) is 0 Å². The highest BCUT2D eigenvalue weighted by molar-refractivity contribution is 6.36. The molecule has 1 atom stereocenters. The number of hydrogen-bond acceptors (Lipinski definition) is 3. The summed E-state index contributed by atoms with van der Waals surface area (Å²) in [7, 11) is 0. The molecule has 1 aromatic heterocycles. The maximum atomic E-state index is 12.2. The first-order valence-corrected chi connectivity index (χ1v) is 5.94. The van der Waals surface area contributed by atoms with Gasteiger partial charge >= 0.3 is 0 Å². The van der Waals surface area contributed by atoms with E-state index in [1.54, 1.807) is 19.1 Å². The van der Waals surface area contributed by atoms with Gasteiger partial charge in [-0.05, 0) is 25.1 Å². The predicted molar refractivity (Wildman–Crippen MR) is 68.1 cm³/mol. The molecular weight excluding hydrogens is 275 g/mol. The van der Waals surface area contributed by atoms with Crippen molar-refractivity contribution >= 4 is 29.0 Å². The first-order chi connectivity index (χ1) is 8.49. The fourth-order valence-corrected chi connectivity index (χ4v) is 2.05. The molecule has 2 aromatic rings. The van der Waals surface area contributed by atoms with Gasteiger partial charge in [0, 0.05) is 15.7 Å². The fourth-order valence-electron chi connectivity index (χ4n) is 1.55. The van der Waals surface area contributed by atoms with E-state index >= 15 is 0 Å². The topological polar surface area (TPSA) is 64.8 Å². The number of carbonyl (C=O) groups excluding carboxylic acids is 1. The van der Waals surface area contributed by atoms with Crippen molar-refractivity contribution in [1.82, 2.24) is 9.78 Å². The molecule has 1 heterocycles. The van der Waals surface area contributed by atoms with Crippen molar-refractivity contribution in [2.45, 2.75) is 13.0 Å². The van der Waals surface area contributed by atoms with E-state index in [9.17, 15) is 4.79 Å². The van der Waals surface area contributed by atoms with Gasteiger partial charge in [0.2, 0.25) is 12.1 Å². The number of hydrogen-bond donors (Lipinski definition) is 1. The molecule has 0 aliphatic heterocycles. The Morgan fingerprint density at radius 1 is 1.50 bits per heavy atom. The lowest BCUT2D eigenvalue weighted by molar-refractivity contribution is -0.639. The molecule has 0 saturated carbocycles. The van der Waals surface area contributed by atoms with E-state index in [0.717, 1.165) is 0 Å². The van der Waals surface area contributed by atoms with Gasteiger partial charge < -0.3 is 0 Å². The van der Waals surface area contributed by atoms with Gasteiger partial charge in [0.25, 0.3) is 6.33 Å². The Kier molecular flexibility index (Phi) is 3.54. The van der Waals surface area contributed by atoms with Crippen LogP contribution in [0.3, 0.4) is 0 Å². The van der Waals surface area contributed by atoms with Gasteiger partial charge in [0.05, 0.1) is 5.02 Å². The lowest BCUT2D eigenvalue weighted by Gasteiger charge is -2.07. The maximum Gasteiger partial charge on any atom is 0.286 e. The van der Waals surface area contributed by atoms with Crippen LogP contribution in [0.5, 0.6) is 0 Å². The van der Waals surface area contributed by atoms with E-state index in [1.807, 2.05) is 0 Å². The molecule has 1 aromatic carbocycles. The van der Waals surface area contributed by atoms with E-state index in [1.165, 1.54) is 28.1 Å². The minimum absolute atomic E-state index is 0.152. The Bertz CT molecular complexity index is 596. The number of nitrogens with two attached hydrogens (primary N) is 1. The van der Waals surface area contributed by atoms with Gasteiger partial charge in [-0.15, -0.1) is 9.36 Å². The molecule has 18 heavy (non-hydrogen) atoms. The third-order valence-electron chi connectivity index (χ3n) is 2.54. The number of aromatic nitrogens is 3. The smallest absolute Gasteiger partial charge is 0.286 e. The number of nitrogen functional groups attached to an aromatic ring is 1. The van der Waals surface area contributed by atoms with Crippen molar-refractivity contribution in [3.63, 3.8) is 0 Å². The van der Waals surface area contributed by atoms with E-state index in [4.69, 9.17) is 29.0 Å². The third-order valence-corrected chi connectivity index (χ3v) is 3.09. The van der Waals surface area contributed by atoms with Crippen molar-refractivity contribution < 1.29 is 9.47 Å². The summed E-state index contributed by atoms with van der Waals surface area (Å²) in [5.74, 6) is 5.33. The second-order valence-electron chi connectivity index (χ2n) is 3.84. The van der Waals surface area contributed by atoms with Crippen LogP contribution >= 0.6 is 23.2 Å². The summed E-state index contributed by atoms with van der Waals surface area (Å²) < 4.78 is 2.74. The van der Waals surface area contributed by atoms with Gasteiger partial charge in [-0.2, -0.15) is 0 Å². The zero-order valence-electron chi connectivity index (χ0n) is 9.55. The van der Waals surface area contributed by atoms with Crippen molar-refractivity contribution in [2.24, 2.45) is 0 Å². The summed E-state index contributed by atoms with van der Waals surface area (Å²) in [5, 5.41) is 4.79. The highest BCUT2D eigenvalue weighted by Crippen LogP contribution is 2.24. The lowest BCUT2D eigenvalue weighted by Crippen LogP contribution is -2.42. The maximum absolute atomic E-state index is 12.2. The number of rotatable bonds is 3. The Hall–Kier alpha value is -1.59. The molecular formula is C11H11Cl2N4O+. The van der Waals surface area contributed by atoms with E-state index in [0.29, 0.717) is 15.6 Å². The molecule has 0 bridgehead atoms. The molecule has 2 rings (SSSR count). The highest BCUT2D eigenvalue weighted by Gasteiger charge is 2.24. The van der Waals surface area contributed by atoms with Crippen molar-refractivity contribution in [2.75, 3.05) is 5.84 Å². The van der Waals surface area contributed by atoms with Gasteiger partial charge in [0.1, 0.15) is 0 Å². The van der Waals surface area contributed by atoms with Crippen molar-refractivity contribution in [1.29, 1.82) is 0 Å². The molecule has 5 nitrogen and oxygen atoms in total. The van der Waals surface area contributed by atoms with Crippen LogP contribution in [0, 0.1) is 0 Å². The quantitative estimate of drug-likeness (QED) is 0.530. The number of nitrogens with zero attached hydrogens (tertiary/aromatic N) is 3. The Balaban J connectivity index is 2.31. The molecule has 94 valence electrons. The summed E-state index contributed by atoms with van der Waals surface area (Å²) >= 11 is 11.8. The first-order valence-electron chi connectivity index (χ1n) is 5.19. The Morgan fingerprint density at radius 3 is 2.78 bits per heavy atom. The van der Waals surface area contributed by atoms with Crippen LogP contribution in [0.4, 0.5) is 0 Å². The summed E-state index contributed by atoms with van der Waals surface area (Å²) in [6, 6.07) is 4.27. The Labute approximate surface area is 114 Å². The minimum Gasteiger partial charge on any atom is -0.290 e. The number of halogens is 2. The van der Waals surface area contributed by atoms with Crippen LogP contribution < -0.4 is 10.5 Å². The third kappa shape index (κ3) is 2.47. The number of carbonyl (C=O) groups is 1. The molecule has 0 amide bonds. The summed E-state index contributed by atoms with van der Waals surface area (Å²) in [5.41, 5.74) is 0.410. The standard InChI is InChI=1S/C11H11Cl2N4O/c1-7(17-6-16(14)5-15-17)11(18)9-3-2-8(12)4-10(9)13/h2-7H,14H2,1H3/q+1/t7-/m1/s1. The molecule has 0 radical (unpaired) electrons. The zero-order chi connectivity index (χ0) is 13.3. The minimum atomic E-state index is -0.492. The van der Waals surface area contributed by atoms with E-state index < -0.39 is 6.04 Å². The Morgan fingerprint density at radius 2 is 2.22 bits per heavy atom. The van der Waals surface area contributed by atoms with Crippen molar-refractivity contribution in [3.05, 3.63) is 46.5 Å². The number of benzene rings is 1. The first kappa shape index (κ1) is 12.9. The van der Waals surface area contributed by atoms with Gasteiger partial charge in [-0.3, -0.25) is 10.6 Å². The van der Waals surface area contributed by atoms with Crippen molar-refractivity contribution in [3.8, 4) is 0 Å². The van der Waals surface area contributed by atoms with Crippen LogP contribution in [-0.4, -0.2) is 15.6 Å². The molecule has 2 N–H and O–H groups in total. The molecule has 0 aliphatic rings. The predicted octanol–water partition coefficient (Wildman–Crippen LogP) is 1.64. The number of ketones is 1. The summed E-state index contributed by atoms with van der Waals surface area (Å²) in [4.78, 5) is 12.2. The molecule has 0 unspecified atom stereocenters. The SMILES string of the molecule is C[C@H](C(=O)c1ccc(Cl)cc1Cl)n1c[n+](N)cn1. The van der Waals surface area contributed by atoms with Gasteiger partial charge in [0.15, 0.2) is 6.04 Å². The summed E-state index contributed by atoms with van der Waals surface area (Å²) in [6.07, 6.45) is 2.93. The van der Waals surface area contributed by atoms with Crippen LogP contribution in [0.2, 0.25) is 10.0 Å². The second-order valence-corrected chi connectivity index (χ2v) is 4.68. The summed E-state index contributed by atoms with van der Waals surface area (Å²) in [6.45, 7) is 1.72. The zero-order valence-corrected chi connectivity index (χ0v) is 11.1. The highest BCUT2D eigenvalue weighted by atomic mass is 35.5. The molecule has 0 fully saturated rings. The molecule has 0 spiro atoms. The van der Waals surface area contributed by atoms with Gasteiger partial charge in [-0.25, -0.2) is 0 Å². The average molecular weight is 286 g/mol. The monoisotopic (exact) mass is 285 g/mol. The van der Waals surface area contributed by atoms with Crippen LogP contribution in [0.25, 0.3) is 0 Å². The second kappa shape index (κ2) is 4.96. The van der Waals surface area contributed by atoms with Gasteiger partial charge in [-0.1, -0.05) is 23.2 Å². The van der Waals surface area contributed by atoms with Crippen LogP contribution in [0.15, 0.2) is 30.9 Å². The molecule has 0 saturated heterocycles. The molecule has 7 heteroatoms. The number of Topliss-reactive ketones (excluding diaryl/α,β-unsaturated/α-hetero) is 1. The fraction of sp³-hybridized carbons (Fsp3) is 0.182. The largest absolute Gasteiger partial charge is 0.290 e. The average Bonchev–Trinajstić information content (AvgIpc) is 2.74. The van der Waals surface area contributed by atoms with Crippen LogP contribution in [0.1, 0.15) is 23.3 Å². The molecule has 0 aliphatic carbocycles. The van der Waals surface area contributed by atoms with E-state index in [-0.39, 0.29) is 5.78 Å².